The number of fused-ring (bicyclic) bond motifs is 1. The average molecular weight is 355 g/mol. The number of rotatable bonds is 5. The fourth-order valence-corrected chi connectivity index (χ4v) is 3.34. The van der Waals surface area contributed by atoms with E-state index in [4.69, 9.17) is 0 Å². The maximum absolute atomic E-state index is 12.8. The Morgan fingerprint density at radius 1 is 1.15 bits per heavy atom. The van der Waals surface area contributed by atoms with Crippen LogP contribution in [0.3, 0.4) is 0 Å². The zero-order chi connectivity index (χ0) is 18.7. The lowest BCUT2D eigenvalue weighted by molar-refractivity contribution is -0.146. The Bertz CT molecular complexity index is 784. The maximum Gasteiger partial charge on any atom is 0.252 e. The van der Waals surface area contributed by atoms with E-state index in [1.807, 2.05) is 29.7 Å². The number of carbonyl (C=O) groups is 2. The molecule has 138 valence electrons. The molecular weight excluding hydrogens is 330 g/mol. The first-order valence-electron chi connectivity index (χ1n) is 8.93. The molecule has 0 N–H and O–H groups in total. The summed E-state index contributed by atoms with van der Waals surface area (Å²) in [5.41, 5.74) is 1.22. The molecule has 2 aromatic rings. The van der Waals surface area contributed by atoms with Crippen LogP contribution in [-0.2, 0) is 22.6 Å². The number of likely N-dealkylation sites (N-methyl/N-ethyl adjacent to an activating group) is 1. The molecule has 26 heavy (non-hydrogen) atoms. The molecule has 0 fully saturated rings. The zero-order valence-corrected chi connectivity index (χ0v) is 15.6. The number of aryl methyl sites for hydroxylation is 2. The van der Waals surface area contributed by atoms with Crippen molar-refractivity contribution < 1.29 is 9.59 Å². The minimum atomic E-state index is -0.691. The van der Waals surface area contributed by atoms with Gasteiger partial charge in [-0.05, 0) is 25.3 Å². The molecule has 1 aliphatic rings. The fourth-order valence-electron chi connectivity index (χ4n) is 3.34. The molecule has 1 atom stereocenters. The molecule has 1 aliphatic heterocycles. The van der Waals surface area contributed by atoms with Crippen LogP contribution in [0.15, 0.2) is 30.3 Å². The molecule has 0 bridgehead atoms. The highest BCUT2D eigenvalue weighted by atomic mass is 16.2. The smallest absolute Gasteiger partial charge is 0.252 e. The predicted molar refractivity (Wildman–Crippen MR) is 97.3 cm³/mol. The van der Waals surface area contributed by atoms with Gasteiger partial charge >= 0.3 is 0 Å². The van der Waals surface area contributed by atoms with Crippen molar-refractivity contribution in [2.45, 2.75) is 38.8 Å². The second kappa shape index (κ2) is 7.68. The van der Waals surface area contributed by atoms with Gasteiger partial charge in [-0.3, -0.25) is 9.59 Å². The summed E-state index contributed by atoms with van der Waals surface area (Å²) >= 11 is 0. The summed E-state index contributed by atoms with van der Waals surface area (Å²) in [7, 11) is 3.39. The highest BCUT2D eigenvalue weighted by Gasteiger charge is 2.39. The van der Waals surface area contributed by atoms with Crippen LogP contribution in [-0.4, -0.2) is 57.0 Å². The van der Waals surface area contributed by atoms with Gasteiger partial charge in [0.05, 0.1) is 0 Å². The molecule has 2 amide bonds. The van der Waals surface area contributed by atoms with Gasteiger partial charge in [0.25, 0.3) is 5.91 Å². The van der Waals surface area contributed by atoms with E-state index in [1.54, 1.807) is 19.0 Å². The minimum absolute atomic E-state index is 0.00645. The third-order valence-corrected chi connectivity index (χ3v) is 4.78. The molecule has 0 radical (unpaired) electrons. The van der Waals surface area contributed by atoms with E-state index >= 15 is 0 Å². The van der Waals surface area contributed by atoms with Crippen molar-refractivity contribution in [1.82, 2.24) is 24.6 Å². The largest absolute Gasteiger partial charge is 0.347 e. The summed E-state index contributed by atoms with van der Waals surface area (Å²) in [5.74, 6) is 1.18. The van der Waals surface area contributed by atoms with Gasteiger partial charge in [-0.25, -0.2) is 0 Å². The number of amides is 2. The molecule has 1 unspecified atom stereocenters. The lowest BCUT2D eigenvalue weighted by atomic mass is 10.1. The van der Waals surface area contributed by atoms with Gasteiger partial charge in [0.15, 0.2) is 11.9 Å². The summed E-state index contributed by atoms with van der Waals surface area (Å²) in [5, 5.41) is 8.26. The highest BCUT2D eigenvalue weighted by molar-refractivity contribution is 5.88. The van der Waals surface area contributed by atoms with E-state index in [9.17, 15) is 9.59 Å². The van der Waals surface area contributed by atoms with Gasteiger partial charge < -0.3 is 14.4 Å². The van der Waals surface area contributed by atoms with Gasteiger partial charge in [-0.15, -0.1) is 10.2 Å². The van der Waals surface area contributed by atoms with E-state index in [-0.39, 0.29) is 11.8 Å². The number of hydrogen-bond acceptors (Lipinski definition) is 4. The fraction of sp³-hybridized carbons (Fsp3) is 0.474. The number of nitrogens with zero attached hydrogens (tertiary/aromatic N) is 5. The Morgan fingerprint density at radius 2 is 1.88 bits per heavy atom. The molecule has 0 aliphatic carbocycles. The van der Waals surface area contributed by atoms with E-state index in [2.05, 4.69) is 22.3 Å². The van der Waals surface area contributed by atoms with E-state index < -0.39 is 6.04 Å². The maximum atomic E-state index is 12.8. The molecule has 1 aromatic heterocycles. The van der Waals surface area contributed by atoms with Crippen LogP contribution in [0.1, 0.15) is 36.1 Å². The lowest BCUT2D eigenvalue weighted by Crippen LogP contribution is -2.48. The van der Waals surface area contributed by atoms with Crippen molar-refractivity contribution in [3.8, 4) is 0 Å². The summed E-state index contributed by atoms with van der Waals surface area (Å²) < 4.78 is 1.93. The summed E-state index contributed by atoms with van der Waals surface area (Å²) in [4.78, 5) is 28.7. The molecule has 2 heterocycles. The SMILES string of the molecule is Cc1nnc2n1CCN(C(=O)CCCc1ccccc1)C2C(=O)N(C)C. The summed E-state index contributed by atoms with van der Waals surface area (Å²) in [6.45, 7) is 2.99. The first-order chi connectivity index (χ1) is 12.5. The number of benzene rings is 1. The van der Waals surface area contributed by atoms with Gasteiger partial charge in [-0.1, -0.05) is 30.3 Å². The second-order valence-corrected chi connectivity index (χ2v) is 6.82. The first-order valence-corrected chi connectivity index (χ1v) is 8.93. The van der Waals surface area contributed by atoms with Crippen LogP contribution >= 0.6 is 0 Å². The Balaban J connectivity index is 1.72. The van der Waals surface area contributed by atoms with Crippen LogP contribution in [0, 0.1) is 6.92 Å². The Labute approximate surface area is 153 Å². The van der Waals surface area contributed by atoms with Crippen molar-refractivity contribution in [3.63, 3.8) is 0 Å². The zero-order valence-electron chi connectivity index (χ0n) is 15.6. The Morgan fingerprint density at radius 3 is 2.58 bits per heavy atom. The lowest BCUT2D eigenvalue weighted by Gasteiger charge is -2.36. The average Bonchev–Trinajstić information content (AvgIpc) is 3.02. The van der Waals surface area contributed by atoms with E-state index in [0.717, 1.165) is 18.7 Å². The molecule has 0 saturated carbocycles. The number of carbonyl (C=O) groups excluding carboxylic acids is 2. The number of aromatic nitrogens is 3. The summed E-state index contributed by atoms with van der Waals surface area (Å²) in [6, 6.07) is 9.43. The molecule has 7 heteroatoms. The minimum Gasteiger partial charge on any atom is -0.347 e. The van der Waals surface area contributed by atoms with Gasteiger partial charge in [0.1, 0.15) is 5.82 Å². The Kier molecular flexibility index (Phi) is 5.35. The topological polar surface area (TPSA) is 71.3 Å². The third-order valence-electron chi connectivity index (χ3n) is 4.78. The number of hydrogen-bond donors (Lipinski definition) is 0. The monoisotopic (exact) mass is 355 g/mol. The van der Waals surface area contributed by atoms with Crippen LogP contribution in [0.4, 0.5) is 0 Å². The van der Waals surface area contributed by atoms with Crippen LogP contribution in [0.25, 0.3) is 0 Å². The van der Waals surface area contributed by atoms with Crippen molar-refractivity contribution in [2.75, 3.05) is 20.6 Å². The molecular formula is C19H25N5O2. The van der Waals surface area contributed by atoms with Crippen molar-refractivity contribution >= 4 is 11.8 Å². The third kappa shape index (κ3) is 3.61. The highest BCUT2D eigenvalue weighted by Crippen LogP contribution is 2.27. The molecule has 0 saturated heterocycles. The quantitative estimate of drug-likeness (QED) is 0.816. The van der Waals surface area contributed by atoms with Crippen molar-refractivity contribution in [1.29, 1.82) is 0 Å². The predicted octanol–water partition coefficient (Wildman–Crippen LogP) is 1.58. The molecule has 1 aromatic carbocycles. The van der Waals surface area contributed by atoms with Crippen LogP contribution in [0.2, 0.25) is 0 Å². The normalized spacial score (nSPS) is 16.3. The van der Waals surface area contributed by atoms with Gasteiger partial charge in [0.2, 0.25) is 5.91 Å². The van der Waals surface area contributed by atoms with Crippen molar-refractivity contribution in [2.24, 2.45) is 0 Å². The van der Waals surface area contributed by atoms with Gasteiger partial charge in [-0.2, -0.15) is 0 Å². The molecule has 7 nitrogen and oxygen atoms in total. The molecule has 0 spiro atoms. The molecule has 3 rings (SSSR count). The Hall–Kier alpha value is -2.70. The standard InChI is InChI=1S/C19H25N5O2/c1-14-20-21-18-17(19(26)22(2)3)24(13-12-23(14)18)16(25)11-7-10-15-8-5-4-6-9-15/h4-6,8-9,17H,7,10-13H2,1-3H3. The van der Waals surface area contributed by atoms with E-state index in [1.165, 1.54) is 10.5 Å². The van der Waals surface area contributed by atoms with E-state index in [0.29, 0.717) is 25.3 Å². The van der Waals surface area contributed by atoms with Crippen molar-refractivity contribution in [3.05, 3.63) is 47.5 Å². The van der Waals surface area contributed by atoms with Crippen LogP contribution in [0.5, 0.6) is 0 Å². The van der Waals surface area contributed by atoms with Crippen LogP contribution < -0.4 is 0 Å². The first kappa shape index (κ1) is 18.1. The summed E-state index contributed by atoms with van der Waals surface area (Å²) in [6.07, 6.45) is 2.02. The van der Waals surface area contributed by atoms with Gasteiger partial charge in [0, 0.05) is 33.6 Å². The second-order valence-electron chi connectivity index (χ2n) is 6.82.